The maximum atomic E-state index is 5.42. The minimum Gasteiger partial charge on any atom is -0.359 e. The third-order valence-electron chi connectivity index (χ3n) is 4.15. The Balaban J connectivity index is 0.00000364. The van der Waals surface area contributed by atoms with Gasteiger partial charge < -0.3 is 19.7 Å². The van der Waals surface area contributed by atoms with Gasteiger partial charge in [-0.05, 0) is 33.1 Å². The molecule has 2 rings (SSSR count). The first kappa shape index (κ1) is 23.4. The number of nitrogens with zero attached hydrogens (tertiary/aromatic N) is 4. The van der Waals surface area contributed by atoms with Gasteiger partial charge in [-0.25, -0.2) is 4.99 Å². The summed E-state index contributed by atoms with van der Waals surface area (Å²) in [6.07, 6.45) is 3.76. The largest absolute Gasteiger partial charge is 0.359 e. The summed E-state index contributed by atoms with van der Waals surface area (Å²) < 4.78 is 10.5. The van der Waals surface area contributed by atoms with Gasteiger partial charge >= 0.3 is 0 Å². The molecule has 0 aliphatic heterocycles. The van der Waals surface area contributed by atoms with E-state index in [4.69, 9.17) is 9.05 Å². The zero-order valence-electron chi connectivity index (χ0n) is 16.6. The van der Waals surface area contributed by atoms with Crippen molar-refractivity contribution in [2.75, 3.05) is 13.1 Å². The van der Waals surface area contributed by atoms with Crippen LogP contribution in [0.2, 0.25) is 0 Å². The minimum atomic E-state index is 0. The molecule has 2 heterocycles. The summed E-state index contributed by atoms with van der Waals surface area (Å²) >= 11 is 0. The van der Waals surface area contributed by atoms with Gasteiger partial charge in [-0.1, -0.05) is 24.2 Å². The lowest BCUT2D eigenvalue weighted by Crippen LogP contribution is -2.37. The molecule has 2 aromatic heterocycles. The number of aryl methyl sites for hydroxylation is 2. The molecule has 0 atom stereocenters. The standard InChI is InChI=1S/C18H30N6O2.HI/c1-5-14(6-2)16-11-15(25-24-16)12-21-18(19-7-3)20-10-8-9-17-22-13(4)23-26-17;/h11,14H,5-10,12H2,1-4H3,(H2,19,20,21);1H. The monoisotopic (exact) mass is 490 g/mol. The first-order valence-corrected chi connectivity index (χ1v) is 9.43. The highest BCUT2D eigenvalue weighted by atomic mass is 127. The zero-order valence-corrected chi connectivity index (χ0v) is 18.9. The van der Waals surface area contributed by atoms with Crippen molar-refractivity contribution in [3.8, 4) is 0 Å². The molecule has 0 saturated carbocycles. The van der Waals surface area contributed by atoms with Crippen LogP contribution in [0, 0.1) is 6.92 Å². The molecule has 9 heteroatoms. The van der Waals surface area contributed by atoms with Crippen LogP contribution in [0.4, 0.5) is 0 Å². The van der Waals surface area contributed by atoms with Crippen LogP contribution in [0.5, 0.6) is 0 Å². The fourth-order valence-corrected chi connectivity index (χ4v) is 2.69. The van der Waals surface area contributed by atoms with Crippen molar-refractivity contribution >= 4 is 29.9 Å². The molecule has 0 bridgehead atoms. The smallest absolute Gasteiger partial charge is 0.226 e. The predicted molar refractivity (Wildman–Crippen MR) is 115 cm³/mol. The van der Waals surface area contributed by atoms with E-state index in [-0.39, 0.29) is 24.0 Å². The molecule has 0 amide bonds. The fourth-order valence-electron chi connectivity index (χ4n) is 2.69. The molecule has 0 aliphatic rings. The number of hydrogen-bond donors (Lipinski definition) is 2. The van der Waals surface area contributed by atoms with E-state index in [9.17, 15) is 0 Å². The van der Waals surface area contributed by atoms with Gasteiger partial charge in [-0.3, -0.25) is 0 Å². The lowest BCUT2D eigenvalue weighted by atomic mass is 9.99. The second-order valence-electron chi connectivity index (χ2n) is 6.19. The molecule has 0 fully saturated rings. The van der Waals surface area contributed by atoms with Crippen molar-refractivity contribution in [1.82, 2.24) is 25.9 Å². The van der Waals surface area contributed by atoms with E-state index in [0.717, 1.165) is 56.2 Å². The topological polar surface area (TPSA) is 101 Å². The summed E-state index contributed by atoms with van der Waals surface area (Å²) in [6.45, 7) is 10.2. The highest BCUT2D eigenvalue weighted by molar-refractivity contribution is 14.0. The number of guanidine groups is 1. The van der Waals surface area contributed by atoms with Crippen LogP contribution >= 0.6 is 24.0 Å². The Labute approximate surface area is 178 Å². The quantitative estimate of drug-likeness (QED) is 0.227. The van der Waals surface area contributed by atoms with Crippen molar-refractivity contribution < 1.29 is 9.05 Å². The Bertz CT molecular complexity index is 681. The highest BCUT2D eigenvalue weighted by Crippen LogP contribution is 2.22. The molecular formula is C18H31IN6O2. The van der Waals surface area contributed by atoms with Crippen LogP contribution in [-0.4, -0.2) is 34.3 Å². The van der Waals surface area contributed by atoms with Gasteiger partial charge in [0.25, 0.3) is 0 Å². The van der Waals surface area contributed by atoms with E-state index in [1.54, 1.807) is 0 Å². The van der Waals surface area contributed by atoms with Crippen LogP contribution in [0.3, 0.4) is 0 Å². The molecular weight excluding hydrogens is 459 g/mol. The molecule has 27 heavy (non-hydrogen) atoms. The van der Waals surface area contributed by atoms with E-state index in [2.05, 4.69) is 44.8 Å². The van der Waals surface area contributed by atoms with Crippen LogP contribution in [-0.2, 0) is 13.0 Å². The summed E-state index contributed by atoms with van der Waals surface area (Å²) in [5.41, 5.74) is 1.02. The number of aliphatic imine (C=N–C) groups is 1. The van der Waals surface area contributed by atoms with Crippen molar-refractivity contribution in [1.29, 1.82) is 0 Å². The number of aromatic nitrogens is 3. The van der Waals surface area contributed by atoms with Crippen LogP contribution in [0.1, 0.15) is 69.1 Å². The summed E-state index contributed by atoms with van der Waals surface area (Å²) in [7, 11) is 0. The highest BCUT2D eigenvalue weighted by Gasteiger charge is 2.12. The van der Waals surface area contributed by atoms with Crippen molar-refractivity contribution in [3.05, 3.63) is 29.2 Å². The molecule has 152 valence electrons. The number of nitrogens with one attached hydrogen (secondary N) is 2. The van der Waals surface area contributed by atoms with Crippen LogP contribution in [0.25, 0.3) is 0 Å². The fraction of sp³-hybridized carbons (Fsp3) is 0.667. The number of hydrogen-bond acceptors (Lipinski definition) is 6. The average molecular weight is 490 g/mol. The van der Waals surface area contributed by atoms with E-state index >= 15 is 0 Å². The minimum absolute atomic E-state index is 0. The number of halogens is 1. The van der Waals surface area contributed by atoms with Gasteiger partial charge in [-0.15, -0.1) is 24.0 Å². The van der Waals surface area contributed by atoms with Gasteiger partial charge in [0.1, 0.15) is 6.54 Å². The molecule has 0 unspecified atom stereocenters. The van der Waals surface area contributed by atoms with Crippen LogP contribution < -0.4 is 10.6 Å². The van der Waals surface area contributed by atoms with Gasteiger partial charge in [0.05, 0.1) is 5.69 Å². The molecule has 0 radical (unpaired) electrons. The second-order valence-corrected chi connectivity index (χ2v) is 6.19. The van der Waals surface area contributed by atoms with E-state index < -0.39 is 0 Å². The maximum absolute atomic E-state index is 5.42. The van der Waals surface area contributed by atoms with E-state index in [0.29, 0.717) is 24.2 Å². The summed E-state index contributed by atoms with van der Waals surface area (Å²) in [6, 6.07) is 2.02. The molecule has 2 aromatic rings. The third kappa shape index (κ3) is 7.86. The molecule has 0 aromatic carbocycles. The Hall–Kier alpha value is -1.65. The zero-order chi connectivity index (χ0) is 18.8. The van der Waals surface area contributed by atoms with Crippen LogP contribution in [0.15, 0.2) is 20.1 Å². The normalized spacial score (nSPS) is 11.5. The lowest BCUT2D eigenvalue weighted by Gasteiger charge is -2.10. The van der Waals surface area contributed by atoms with Crippen molar-refractivity contribution in [2.45, 2.75) is 65.8 Å². The molecule has 0 spiro atoms. The Morgan fingerprint density at radius 1 is 1.15 bits per heavy atom. The van der Waals surface area contributed by atoms with E-state index in [1.165, 1.54) is 0 Å². The SMILES string of the molecule is CCNC(=NCc1cc(C(CC)CC)no1)NCCCc1nc(C)no1.I. The maximum Gasteiger partial charge on any atom is 0.226 e. The molecule has 2 N–H and O–H groups in total. The van der Waals surface area contributed by atoms with E-state index in [1.807, 2.05) is 19.9 Å². The predicted octanol–water partition coefficient (Wildman–Crippen LogP) is 3.58. The molecule has 0 aliphatic carbocycles. The first-order valence-electron chi connectivity index (χ1n) is 9.43. The second kappa shape index (κ2) is 12.7. The third-order valence-corrected chi connectivity index (χ3v) is 4.15. The van der Waals surface area contributed by atoms with Gasteiger partial charge in [0, 0.05) is 31.5 Å². The summed E-state index contributed by atoms with van der Waals surface area (Å²) in [4.78, 5) is 8.77. The van der Waals surface area contributed by atoms with Gasteiger partial charge in [0.2, 0.25) is 5.89 Å². The Morgan fingerprint density at radius 2 is 1.93 bits per heavy atom. The van der Waals surface area contributed by atoms with Crippen molar-refractivity contribution in [3.63, 3.8) is 0 Å². The number of rotatable bonds is 10. The molecule has 0 saturated heterocycles. The van der Waals surface area contributed by atoms with Gasteiger partial charge in [-0.2, -0.15) is 4.98 Å². The lowest BCUT2D eigenvalue weighted by molar-refractivity contribution is 0.371. The Kier molecular flexibility index (Phi) is 11.0. The van der Waals surface area contributed by atoms with Crippen molar-refractivity contribution in [2.24, 2.45) is 4.99 Å². The molecule has 8 nitrogen and oxygen atoms in total. The average Bonchev–Trinajstić information content (AvgIpc) is 3.27. The summed E-state index contributed by atoms with van der Waals surface area (Å²) in [5.74, 6) is 3.33. The first-order chi connectivity index (χ1) is 12.7. The Morgan fingerprint density at radius 3 is 2.56 bits per heavy atom. The summed E-state index contributed by atoms with van der Waals surface area (Å²) in [5, 5.41) is 14.5. The van der Waals surface area contributed by atoms with Gasteiger partial charge in [0.15, 0.2) is 17.5 Å².